The molecule has 0 saturated heterocycles. The molecule has 2 aromatic carbocycles. The van der Waals surface area contributed by atoms with E-state index in [4.69, 9.17) is 27.4 Å². The number of rotatable bonds is 9. The van der Waals surface area contributed by atoms with Gasteiger partial charge in [0.15, 0.2) is 22.4 Å². The predicted molar refractivity (Wildman–Crippen MR) is 123 cm³/mol. The SMILES string of the molecule is COc1cc(/C=N\NC(N)=S)ccc1OCc1cn(CC(=O)c2ccc(Br)cc2)nn1. The first kappa shape index (κ1) is 22.4. The first-order chi connectivity index (χ1) is 14.9. The molecule has 1 heterocycles. The van der Waals surface area contributed by atoms with Crippen molar-refractivity contribution < 1.29 is 14.3 Å². The van der Waals surface area contributed by atoms with Crippen LogP contribution in [0.3, 0.4) is 0 Å². The van der Waals surface area contributed by atoms with Gasteiger partial charge in [0.25, 0.3) is 0 Å². The summed E-state index contributed by atoms with van der Waals surface area (Å²) in [6, 6.07) is 12.5. The van der Waals surface area contributed by atoms with E-state index in [2.05, 4.69) is 36.8 Å². The van der Waals surface area contributed by atoms with Gasteiger partial charge in [0.2, 0.25) is 0 Å². The van der Waals surface area contributed by atoms with E-state index in [1.165, 1.54) is 4.68 Å². The molecule has 3 aromatic rings. The molecule has 0 bridgehead atoms. The number of hydrogen-bond acceptors (Lipinski definition) is 7. The van der Waals surface area contributed by atoms with Crippen molar-refractivity contribution in [3.63, 3.8) is 0 Å². The Labute approximate surface area is 192 Å². The Morgan fingerprint density at radius 2 is 2.06 bits per heavy atom. The van der Waals surface area contributed by atoms with Crippen molar-refractivity contribution in [2.24, 2.45) is 10.8 Å². The van der Waals surface area contributed by atoms with Crippen molar-refractivity contribution in [2.45, 2.75) is 13.2 Å². The maximum atomic E-state index is 12.4. The summed E-state index contributed by atoms with van der Waals surface area (Å²) in [5.74, 6) is 0.994. The van der Waals surface area contributed by atoms with Crippen molar-refractivity contribution in [3.05, 3.63) is 70.0 Å². The second-order valence-electron chi connectivity index (χ2n) is 6.27. The molecule has 31 heavy (non-hydrogen) atoms. The Kier molecular flexibility index (Phi) is 7.68. The van der Waals surface area contributed by atoms with Gasteiger partial charge in [-0.25, -0.2) is 4.68 Å². The van der Waals surface area contributed by atoms with Crippen LogP contribution in [0.15, 0.2) is 58.2 Å². The molecule has 0 spiro atoms. The van der Waals surface area contributed by atoms with E-state index in [-0.39, 0.29) is 24.0 Å². The lowest BCUT2D eigenvalue weighted by Gasteiger charge is -2.10. The smallest absolute Gasteiger partial charge is 0.184 e. The third-order valence-electron chi connectivity index (χ3n) is 4.01. The Balaban J connectivity index is 1.59. The van der Waals surface area contributed by atoms with Crippen molar-refractivity contribution in [1.29, 1.82) is 0 Å². The van der Waals surface area contributed by atoms with E-state index in [1.54, 1.807) is 49.9 Å². The van der Waals surface area contributed by atoms with Crippen LogP contribution in [0, 0.1) is 0 Å². The molecule has 3 N–H and O–H groups in total. The highest BCUT2D eigenvalue weighted by Gasteiger charge is 2.11. The number of carbonyl (C=O) groups excluding carboxylic acids is 1. The van der Waals surface area contributed by atoms with Gasteiger partial charge < -0.3 is 15.2 Å². The molecule has 0 aliphatic carbocycles. The van der Waals surface area contributed by atoms with E-state index in [1.807, 2.05) is 12.1 Å². The number of nitrogens with two attached hydrogens (primary N) is 1. The monoisotopic (exact) mass is 502 g/mol. The number of nitrogens with one attached hydrogen (secondary N) is 1. The number of halogens is 1. The highest BCUT2D eigenvalue weighted by Crippen LogP contribution is 2.28. The zero-order valence-corrected chi connectivity index (χ0v) is 18.9. The van der Waals surface area contributed by atoms with Gasteiger partial charge in [0, 0.05) is 10.0 Å². The topological polar surface area (TPSA) is 117 Å². The van der Waals surface area contributed by atoms with Crippen molar-refractivity contribution >= 4 is 45.3 Å². The molecule has 11 heteroatoms. The summed E-state index contributed by atoms with van der Waals surface area (Å²) >= 11 is 8.04. The Morgan fingerprint density at radius 1 is 1.29 bits per heavy atom. The number of hydrogen-bond donors (Lipinski definition) is 2. The molecule has 0 aliphatic rings. The Hall–Kier alpha value is -3.31. The van der Waals surface area contributed by atoms with Crippen LogP contribution in [-0.4, -0.2) is 39.2 Å². The quantitative estimate of drug-likeness (QED) is 0.198. The second kappa shape index (κ2) is 10.6. The molecule has 0 unspecified atom stereocenters. The molecule has 3 rings (SSSR count). The van der Waals surface area contributed by atoms with Gasteiger partial charge in [-0.3, -0.25) is 10.2 Å². The number of thiocarbonyl (C=S) groups is 1. The van der Waals surface area contributed by atoms with Gasteiger partial charge in [-0.05, 0) is 48.1 Å². The van der Waals surface area contributed by atoms with Gasteiger partial charge in [-0.1, -0.05) is 33.3 Å². The highest BCUT2D eigenvalue weighted by atomic mass is 79.9. The van der Waals surface area contributed by atoms with E-state index in [0.29, 0.717) is 22.8 Å². The number of ketones is 1. The molecular formula is C20H19BrN6O3S. The van der Waals surface area contributed by atoms with Gasteiger partial charge in [-0.2, -0.15) is 5.10 Å². The molecule has 0 atom stereocenters. The minimum atomic E-state index is -0.0614. The maximum absolute atomic E-state index is 12.4. The largest absolute Gasteiger partial charge is 0.493 e. The number of methoxy groups -OCH3 is 1. The summed E-state index contributed by atoms with van der Waals surface area (Å²) in [4.78, 5) is 12.4. The lowest BCUT2D eigenvalue weighted by molar-refractivity contribution is 0.0967. The van der Waals surface area contributed by atoms with Crippen LogP contribution in [0.25, 0.3) is 0 Å². The molecule has 1 aromatic heterocycles. The third-order valence-corrected chi connectivity index (χ3v) is 4.63. The highest BCUT2D eigenvalue weighted by molar-refractivity contribution is 9.10. The number of ether oxygens (including phenoxy) is 2. The van der Waals surface area contributed by atoms with Crippen molar-refractivity contribution in [2.75, 3.05) is 7.11 Å². The summed E-state index contributed by atoms with van der Waals surface area (Å²) < 4.78 is 13.6. The van der Waals surface area contributed by atoms with E-state index >= 15 is 0 Å². The minimum absolute atomic E-state index is 0.0614. The standard InChI is InChI=1S/C20H19BrN6O3S/c1-29-19-8-13(9-23-25-20(22)31)2-7-18(19)30-12-16-10-27(26-24-16)11-17(28)14-3-5-15(21)6-4-14/h2-10H,11-12H2,1H3,(H3,22,25,31)/b23-9-. The fourth-order valence-electron chi connectivity index (χ4n) is 2.56. The summed E-state index contributed by atoms with van der Waals surface area (Å²) in [7, 11) is 1.54. The van der Waals surface area contributed by atoms with Crippen molar-refractivity contribution in [1.82, 2.24) is 20.4 Å². The van der Waals surface area contributed by atoms with Gasteiger partial charge in [0.1, 0.15) is 18.8 Å². The average Bonchev–Trinajstić information content (AvgIpc) is 3.20. The van der Waals surface area contributed by atoms with Crippen LogP contribution in [0.1, 0.15) is 21.6 Å². The maximum Gasteiger partial charge on any atom is 0.184 e. The molecule has 0 amide bonds. The van der Waals surface area contributed by atoms with Gasteiger partial charge in [0.05, 0.1) is 19.5 Å². The van der Waals surface area contributed by atoms with E-state index < -0.39 is 0 Å². The van der Waals surface area contributed by atoms with E-state index in [9.17, 15) is 4.79 Å². The normalized spacial score (nSPS) is 10.8. The molecular weight excluding hydrogens is 484 g/mol. The zero-order valence-electron chi connectivity index (χ0n) is 16.5. The zero-order chi connectivity index (χ0) is 22.2. The molecule has 0 aliphatic heterocycles. The molecule has 0 radical (unpaired) electrons. The Morgan fingerprint density at radius 3 is 2.77 bits per heavy atom. The van der Waals surface area contributed by atoms with Crippen LogP contribution in [0.2, 0.25) is 0 Å². The van der Waals surface area contributed by atoms with Crippen LogP contribution in [-0.2, 0) is 13.2 Å². The minimum Gasteiger partial charge on any atom is -0.493 e. The van der Waals surface area contributed by atoms with Crippen LogP contribution in [0.5, 0.6) is 11.5 Å². The lowest BCUT2D eigenvalue weighted by atomic mass is 10.1. The number of nitrogens with zero attached hydrogens (tertiary/aromatic N) is 4. The summed E-state index contributed by atoms with van der Waals surface area (Å²) in [6.45, 7) is 0.255. The third kappa shape index (κ3) is 6.59. The molecule has 0 saturated carbocycles. The number of benzene rings is 2. The predicted octanol–water partition coefficient (Wildman–Crippen LogP) is 2.68. The Bertz CT molecular complexity index is 1100. The van der Waals surface area contributed by atoms with Crippen LogP contribution in [0.4, 0.5) is 0 Å². The summed E-state index contributed by atoms with van der Waals surface area (Å²) in [6.07, 6.45) is 3.23. The summed E-state index contributed by atoms with van der Waals surface area (Å²) in [5.41, 5.74) is 9.76. The number of aromatic nitrogens is 3. The van der Waals surface area contributed by atoms with Crippen LogP contribution < -0.4 is 20.6 Å². The van der Waals surface area contributed by atoms with Crippen LogP contribution >= 0.6 is 28.1 Å². The number of carbonyl (C=O) groups is 1. The number of Topliss-reactive ketones (excluding diaryl/α,β-unsaturated/α-hetero) is 1. The summed E-state index contributed by atoms with van der Waals surface area (Å²) in [5, 5.41) is 12.0. The van der Waals surface area contributed by atoms with E-state index in [0.717, 1.165) is 10.0 Å². The fourth-order valence-corrected chi connectivity index (χ4v) is 2.88. The first-order valence-electron chi connectivity index (χ1n) is 9.01. The first-order valence-corrected chi connectivity index (χ1v) is 10.2. The van der Waals surface area contributed by atoms with Gasteiger partial charge in [-0.15, -0.1) is 5.10 Å². The lowest BCUT2D eigenvalue weighted by Crippen LogP contribution is -2.23. The molecule has 9 nitrogen and oxygen atoms in total. The fraction of sp³-hybridized carbons (Fsp3) is 0.150. The number of hydrazone groups is 1. The molecule has 0 fully saturated rings. The van der Waals surface area contributed by atoms with Gasteiger partial charge >= 0.3 is 0 Å². The van der Waals surface area contributed by atoms with Crippen molar-refractivity contribution in [3.8, 4) is 11.5 Å². The molecule has 160 valence electrons. The average molecular weight is 503 g/mol. The second-order valence-corrected chi connectivity index (χ2v) is 7.63.